The number of benzene rings is 3. The van der Waals surface area contributed by atoms with Gasteiger partial charge in [0.25, 0.3) is 0 Å². The fraction of sp³-hybridized carbons (Fsp3) is 0.0909. The summed E-state index contributed by atoms with van der Waals surface area (Å²) in [5, 5.41) is 9.68. The number of aldehydes is 1. The average molecular weight is 357 g/mol. The van der Waals surface area contributed by atoms with Gasteiger partial charge < -0.3 is 0 Å². The lowest BCUT2D eigenvalue weighted by atomic mass is 9.95. The summed E-state index contributed by atoms with van der Waals surface area (Å²) in [5.41, 5.74) is 3.29. The normalized spacial score (nSPS) is 21.5. The van der Waals surface area contributed by atoms with Crippen LogP contribution in [0.15, 0.2) is 78.9 Å². The van der Waals surface area contributed by atoms with E-state index in [0.29, 0.717) is 16.7 Å². The fourth-order valence-corrected chi connectivity index (χ4v) is 3.09. The summed E-state index contributed by atoms with van der Waals surface area (Å²) in [7, 11) is 0. The molecule has 0 aromatic heterocycles. The highest BCUT2D eigenvalue weighted by molar-refractivity contribution is 5.88. The minimum atomic E-state index is -1.65. The third-order valence-corrected chi connectivity index (χ3v) is 4.42. The van der Waals surface area contributed by atoms with E-state index >= 15 is 0 Å². The maximum atomic E-state index is 11.4. The Hall–Kier alpha value is -3.30. The van der Waals surface area contributed by atoms with Gasteiger partial charge >= 0.3 is 5.79 Å². The van der Waals surface area contributed by atoms with Crippen LogP contribution in [0.2, 0.25) is 0 Å². The molecule has 27 heavy (non-hydrogen) atoms. The van der Waals surface area contributed by atoms with E-state index in [2.05, 4.69) is 0 Å². The molecule has 0 amide bonds. The van der Waals surface area contributed by atoms with Gasteiger partial charge in [-0.2, -0.15) is 15.0 Å². The third-order valence-electron chi connectivity index (χ3n) is 4.42. The molecule has 0 bridgehead atoms. The molecule has 1 aliphatic rings. The number of carbonyl (C=O) groups excluding carboxylic acids is 1. The molecule has 3 aromatic rings. The van der Waals surface area contributed by atoms with Gasteiger partial charge in [-0.25, -0.2) is 0 Å². The highest BCUT2D eigenvalue weighted by Crippen LogP contribution is 2.43. The van der Waals surface area contributed by atoms with E-state index in [1.165, 1.54) is 0 Å². The Morgan fingerprint density at radius 1 is 0.889 bits per heavy atom. The van der Waals surface area contributed by atoms with Crippen LogP contribution in [0.3, 0.4) is 0 Å². The van der Waals surface area contributed by atoms with Crippen LogP contribution in [-0.2, 0) is 20.3 Å². The second-order valence-electron chi connectivity index (χ2n) is 6.02. The van der Waals surface area contributed by atoms with Gasteiger partial charge in [0.1, 0.15) is 6.07 Å². The van der Waals surface area contributed by atoms with E-state index in [1.807, 2.05) is 48.5 Å². The van der Waals surface area contributed by atoms with Crippen LogP contribution in [0.25, 0.3) is 11.1 Å². The van der Waals surface area contributed by atoms with Crippen molar-refractivity contribution in [3.05, 3.63) is 95.6 Å². The first-order valence-corrected chi connectivity index (χ1v) is 8.40. The van der Waals surface area contributed by atoms with Crippen molar-refractivity contribution in [2.75, 3.05) is 0 Å². The summed E-state index contributed by atoms with van der Waals surface area (Å²) in [6, 6.07) is 25.6. The lowest BCUT2D eigenvalue weighted by Gasteiger charge is -2.18. The molecule has 1 aliphatic heterocycles. The predicted octanol–water partition coefficient (Wildman–Crippen LogP) is 4.52. The molecule has 132 valence electrons. The molecular formula is C22H15NO4. The van der Waals surface area contributed by atoms with E-state index < -0.39 is 12.1 Å². The van der Waals surface area contributed by atoms with Crippen LogP contribution in [0, 0.1) is 11.3 Å². The zero-order valence-corrected chi connectivity index (χ0v) is 14.2. The van der Waals surface area contributed by atoms with Gasteiger partial charge in [-0.05, 0) is 11.1 Å². The van der Waals surface area contributed by atoms with Gasteiger partial charge in [0.05, 0.1) is 0 Å². The Labute approximate surface area is 156 Å². The molecule has 4 rings (SSSR count). The lowest BCUT2D eigenvalue weighted by molar-refractivity contribution is -0.320. The van der Waals surface area contributed by atoms with Crippen LogP contribution in [0.5, 0.6) is 0 Å². The molecule has 0 unspecified atom stereocenters. The summed E-state index contributed by atoms with van der Waals surface area (Å²) < 4.78 is 5.91. The highest BCUT2D eigenvalue weighted by atomic mass is 17.3. The van der Waals surface area contributed by atoms with Gasteiger partial charge in [0.15, 0.2) is 6.29 Å². The first-order chi connectivity index (χ1) is 13.3. The number of ether oxygens (including phenoxy) is 1. The van der Waals surface area contributed by atoms with Crippen molar-refractivity contribution in [1.29, 1.82) is 5.26 Å². The molecule has 1 heterocycles. The molecule has 0 aliphatic carbocycles. The second-order valence-corrected chi connectivity index (χ2v) is 6.02. The van der Waals surface area contributed by atoms with E-state index in [-0.39, 0.29) is 0 Å². The molecule has 1 fully saturated rings. The smallest absolute Gasteiger partial charge is 0.298 e. The molecule has 5 heteroatoms. The van der Waals surface area contributed by atoms with E-state index in [4.69, 9.17) is 14.5 Å². The van der Waals surface area contributed by atoms with Crippen LogP contribution >= 0.6 is 0 Å². The molecule has 2 atom stereocenters. The molecular weight excluding hydrogens is 342 g/mol. The first kappa shape index (κ1) is 17.1. The van der Waals surface area contributed by atoms with E-state index in [1.54, 1.807) is 36.4 Å². The Balaban J connectivity index is 1.74. The van der Waals surface area contributed by atoms with Crippen LogP contribution in [0.4, 0.5) is 0 Å². The number of nitriles is 1. The molecule has 3 aromatic carbocycles. The summed E-state index contributed by atoms with van der Waals surface area (Å²) in [6.45, 7) is 0. The molecule has 0 saturated carbocycles. The van der Waals surface area contributed by atoms with Crippen molar-refractivity contribution in [2.45, 2.75) is 12.1 Å². The fourth-order valence-electron chi connectivity index (χ4n) is 3.09. The molecule has 0 spiro atoms. The first-order valence-electron chi connectivity index (χ1n) is 8.40. The van der Waals surface area contributed by atoms with Crippen molar-refractivity contribution < 1.29 is 19.3 Å². The highest BCUT2D eigenvalue weighted by Gasteiger charge is 2.47. The van der Waals surface area contributed by atoms with Crippen molar-refractivity contribution in [1.82, 2.24) is 0 Å². The van der Waals surface area contributed by atoms with Crippen molar-refractivity contribution >= 4 is 6.29 Å². The summed E-state index contributed by atoms with van der Waals surface area (Å²) in [6.07, 6.45) is -0.108. The van der Waals surface area contributed by atoms with Crippen LogP contribution in [0.1, 0.15) is 27.8 Å². The average Bonchev–Trinajstić information content (AvgIpc) is 3.20. The Morgan fingerprint density at radius 2 is 1.56 bits per heavy atom. The number of rotatable bonds is 4. The summed E-state index contributed by atoms with van der Waals surface area (Å²) in [4.78, 5) is 22.2. The van der Waals surface area contributed by atoms with Gasteiger partial charge in [0, 0.05) is 16.7 Å². The van der Waals surface area contributed by atoms with Gasteiger partial charge in [-0.3, -0.25) is 9.53 Å². The number of hydrogen-bond acceptors (Lipinski definition) is 5. The van der Waals surface area contributed by atoms with E-state index in [0.717, 1.165) is 17.4 Å². The Kier molecular flexibility index (Phi) is 4.53. The quantitative estimate of drug-likeness (QED) is 0.507. The maximum absolute atomic E-state index is 11.4. The monoisotopic (exact) mass is 357 g/mol. The summed E-state index contributed by atoms with van der Waals surface area (Å²) in [5.74, 6) is -1.65. The SMILES string of the molecule is N#C[C@@]1(c2ccccc2)OO[C@@H](c2ccccc2-c2ccccc2C=O)O1. The molecule has 0 radical (unpaired) electrons. The molecule has 1 saturated heterocycles. The van der Waals surface area contributed by atoms with Crippen molar-refractivity contribution in [3.63, 3.8) is 0 Å². The predicted molar refractivity (Wildman–Crippen MR) is 97.0 cm³/mol. The minimum Gasteiger partial charge on any atom is -0.298 e. The lowest BCUT2D eigenvalue weighted by Crippen LogP contribution is -2.24. The zero-order chi connectivity index (χ0) is 18.7. The maximum Gasteiger partial charge on any atom is 0.318 e. The molecule has 5 nitrogen and oxygen atoms in total. The number of hydrogen-bond donors (Lipinski definition) is 0. The standard InChI is InChI=1S/C22H15NO4/c23-15-22(17-9-2-1-3-10-17)25-21(26-27-22)20-13-7-6-12-19(20)18-11-5-4-8-16(18)14-24/h1-14,21H/t21-,22-/m0/s1. The van der Waals surface area contributed by atoms with Crippen LogP contribution < -0.4 is 0 Å². The Bertz CT molecular complexity index is 1010. The minimum absolute atomic E-state index is 0.542. The number of nitrogens with zero attached hydrogens (tertiary/aromatic N) is 1. The zero-order valence-electron chi connectivity index (χ0n) is 14.2. The van der Waals surface area contributed by atoms with Crippen molar-refractivity contribution in [3.8, 4) is 17.2 Å². The Morgan fingerprint density at radius 3 is 2.30 bits per heavy atom. The van der Waals surface area contributed by atoms with Crippen LogP contribution in [-0.4, -0.2) is 6.29 Å². The topological polar surface area (TPSA) is 68.5 Å². The van der Waals surface area contributed by atoms with Crippen molar-refractivity contribution in [2.24, 2.45) is 0 Å². The second kappa shape index (κ2) is 7.14. The largest absolute Gasteiger partial charge is 0.318 e. The van der Waals surface area contributed by atoms with Gasteiger partial charge in [-0.15, -0.1) is 0 Å². The summed E-state index contributed by atoms with van der Waals surface area (Å²) >= 11 is 0. The number of carbonyl (C=O) groups is 1. The van der Waals surface area contributed by atoms with Gasteiger partial charge in [0.2, 0.25) is 6.29 Å². The third kappa shape index (κ3) is 3.03. The van der Waals surface area contributed by atoms with E-state index in [9.17, 15) is 10.1 Å². The van der Waals surface area contributed by atoms with Gasteiger partial charge in [-0.1, -0.05) is 78.9 Å². The molecule has 0 N–H and O–H groups in total.